The molecule has 0 aromatic heterocycles. The van der Waals surface area contributed by atoms with Crippen molar-refractivity contribution < 1.29 is 13.2 Å². The molecule has 0 spiro atoms. The van der Waals surface area contributed by atoms with Crippen LogP contribution in [0.2, 0.25) is 0 Å². The molecule has 6 heteroatoms. The summed E-state index contributed by atoms with van der Waals surface area (Å²) in [6, 6.07) is 20.8. The second-order valence-electron chi connectivity index (χ2n) is 7.40. The minimum Gasteiger partial charge on any atom is -0.399 e. The molecular formula is C23H22F3N3. The lowest BCUT2D eigenvalue weighted by Gasteiger charge is -2.33. The van der Waals surface area contributed by atoms with Gasteiger partial charge >= 0.3 is 6.18 Å². The van der Waals surface area contributed by atoms with Gasteiger partial charge in [0.2, 0.25) is 0 Å². The van der Waals surface area contributed by atoms with Gasteiger partial charge in [-0.05, 0) is 72.5 Å². The Morgan fingerprint density at radius 3 is 1.62 bits per heavy atom. The number of nitrogen functional groups attached to an aromatic ring is 2. The van der Waals surface area contributed by atoms with Gasteiger partial charge in [-0.1, -0.05) is 24.3 Å². The molecular weight excluding hydrogens is 375 g/mol. The topological polar surface area (TPSA) is 55.3 Å². The first-order chi connectivity index (χ1) is 13.8. The van der Waals surface area contributed by atoms with E-state index in [4.69, 9.17) is 11.5 Å². The molecule has 4 N–H and O–H groups in total. The van der Waals surface area contributed by atoms with Crippen molar-refractivity contribution in [3.05, 3.63) is 89.5 Å². The fraction of sp³-hybridized carbons (Fsp3) is 0.217. The van der Waals surface area contributed by atoms with Crippen LogP contribution in [-0.4, -0.2) is 0 Å². The Kier molecular flexibility index (Phi) is 4.86. The highest BCUT2D eigenvalue weighted by Gasteiger charge is 2.36. The molecule has 29 heavy (non-hydrogen) atoms. The maximum absolute atomic E-state index is 13.0. The highest BCUT2D eigenvalue weighted by Crippen LogP contribution is 2.47. The van der Waals surface area contributed by atoms with Gasteiger partial charge in [0.05, 0.1) is 17.6 Å². The van der Waals surface area contributed by atoms with Crippen LogP contribution in [-0.2, 0) is 6.18 Å². The van der Waals surface area contributed by atoms with Crippen LogP contribution in [0, 0.1) is 0 Å². The number of nitrogens with two attached hydrogens (primary N) is 2. The molecule has 0 radical (unpaired) electrons. The number of rotatable bonds is 3. The number of alkyl halides is 3. The number of hydrogen-bond donors (Lipinski definition) is 2. The van der Waals surface area contributed by atoms with E-state index >= 15 is 0 Å². The van der Waals surface area contributed by atoms with Gasteiger partial charge in [-0.15, -0.1) is 0 Å². The summed E-state index contributed by atoms with van der Waals surface area (Å²) < 4.78 is 39.1. The van der Waals surface area contributed by atoms with Crippen molar-refractivity contribution in [2.24, 2.45) is 0 Å². The summed E-state index contributed by atoms with van der Waals surface area (Å²) in [6.45, 7) is 0. The summed E-state index contributed by atoms with van der Waals surface area (Å²) >= 11 is 0. The lowest BCUT2D eigenvalue weighted by Crippen LogP contribution is -2.26. The highest BCUT2D eigenvalue weighted by atomic mass is 19.4. The van der Waals surface area contributed by atoms with Crippen LogP contribution in [0.25, 0.3) is 0 Å². The first kappa shape index (κ1) is 19.2. The fourth-order valence-corrected chi connectivity index (χ4v) is 4.18. The van der Waals surface area contributed by atoms with E-state index in [1.807, 2.05) is 48.5 Å². The zero-order chi connectivity index (χ0) is 20.6. The standard InChI is InChI=1S/C23H22F3N3/c24-23(25,26)17-7-9-20(10-8-17)29-21(15-3-1-5-18(27)13-15)11-12-22(29)16-4-2-6-19(28)14-16/h1-10,13-14,21-22H,11-12,27-28H2/t21-,22-/m1/s1. The summed E-state index contributed by atoms with van der Waals surface area (Å²) in [6.07, 6.45) is -2.63. The summed E-state index contributed by atoms with van der Waals surface area (Å²) in [7, 11) is 0. The van der Waals surface area contributed by atoms with Crippen LogP contribution < -0.4 is 16.4 Å². The number of halogens is 3. The van der Waals surface area contributed by atoms with Crippen LogP contribution in [0.3, 0.4) is 0 Å². The van der Waals surface area contributed by atoms with E-state index in [2.05, 4.69) is 4.90 Å². The molecule has 3 aromatic carbocycles. The van der Waals surface area contributed by atoms with Gasteiger partial charge in [-0.25, -0.2) is 0 Å². The lowest BCUT2D eigenvalue weighted by molar-refractivity contribution is -0.137. The molecule has 0 bridgehead atoms. The summed E-state index contributed by atoms with van der Waals surface area (Å²) in [5, 5.41) is 0. The molecule has 3 nitrogen and oxygen atoms in total. The maximum atomic E-state index is 13.0. The van der Waals surface area contributed by atoms with Crippen LogP contribution in [0.1, 0.15) is 41.6 Å². The Labute approximate surface area is 167 Å². The van der Waals surface area contributed by atoms with Gasteiger partial charge in [-0.3, -0.25) is 0 Å². The van der Waals surface area contributed by atoms with E-state index in [0.29, 0.717) is 11.4 Å². The monoisotopic (exact) mass is 397 g/mol. The predicted molar refractivity (Wildman–Crippen MR) is 110 cm³/mol. The zero-order valence-corrected chi connectivity index (χ0v) is 15.7. The van der Waals surface area contributed by atoms with E-state index in [1.165, 1.54) is 0 Å². The molecule has 0 saturated carbocycles. The van der Waals surface area contributed by atoms with E-state index in [0.717, 1.165) is 41.8 Å². The number of hydrogen-bond acceptors (Lipinski definition) is 3. The Morgan fingerprint density at radius 2 is 1.21 bits per heavy atom. The van der Waals surface area contributed by atoms with Gasteiger partial charge in [-0.2, -0.15) is 13.2 Å². The summed E-state index contributed by atoms with van der Waals surface area (Å²) in [5.74, 6) is 0. The SMILES string of the molecule is Nc1cccc([C@H]2CC[C@H](c3cccc(N)c3)N2c2ccc(C(F)(F)F)cc2)c1. The van der Waals surface area contributed by atoms with Crippen LogP contribution in [0.4, 0.5) is 30.2 Å². The molecule has 1 saturated heterocycles. The normalized spacial score (nSPS) is 19.5. The molecule has 0 amide bonds. The second kappa shape index (κ2) is 7.35. The molecule has 1 aliphatic rings. The molecule has 1 fully saturated rings. The van der Waals surface area contributed by atoms with Crippen molar-refractivity contribution in [3.63, 3.8) is 0 Å². The average Bonchev–Trinajstić information content (AvgIpc) is 3.12. The largest absolute Gasteiger partial charge is 0.416 e. The van der Waals surface area contributed by atoms with E-state index in [9.17, 15) is 13.2 Å². The highest BCUT2D eigenvalue weighted by molar-refractivity contribution is 5.56. The van der Waals surface area contributed by atoms with Crippen LogP contribution >= 0.6 is 0 Å². The molecule has 3 aromatic rings. The van der Waals surface area contributed by atoms with Gasteiger partial charge in [0.25, 0.3) is 0 Å². The molecule has 0 aliphatic carbocycles. The Morgan fingerprint density at radius 1 is 0.724 bits per heavy atom. The Bertz CT molecular complexity index is 945. The van der Waals surface area contributed by atoms with Gasteiger partial charge < -0.3 is 16.4 Å². The molecule has 2 atom stereocenters. The van der Waals surface area contributed by atoms with Gasteiger partial charge in [0, 0.05) is 17.1 Å². The van der Waals surface area contributed by atoms with Crippen molar-refractivity contribution in [1.82, 2.24) is 0 Å². The van der Waals surface area contributed by atoms with Crippen LogP contribution in [0.5, 0.6) is 0 Å². The average molecular weight is 397 g/mol. The van der Waals surface area contributed by atoms with Crippen LogP contribution in [0.15, 0.2) is 72.8 Å². The first-order valence-electron chi connectivity index (χ1n) is 9.49. The van der Waals surface area contributed by atoms with Crippen molar-refractivity contribution in [2.75, 3.05) is 16.4 Å². The number of benzene rings is 3. The lowest BCUT2D eigenvalue weighted by atomic mass is 10.0. The molecule has 150 valence electrons. The zero-order valence-electron chi connectivity index (χ0n) is 15.7. The molecule has 1 heterocycles. The van der Waals surface area contributed by atoms with Crippen molar-refractivity contribution in [2.45, 2.75) is 31.1 Å². The van der Waals surface area contributed by atoms with E-state index in [1.54, 1.807) is 12.1 Å². The minimum absolute atomic E-state index is 0.0154. The fourth-order valence-electron chi connectivity index (χ4n) is 4.18. The quantitative estimate of drug-likeness (QED) is 0.537. The summed E-state index contributed by atoms with van der Waals surface area (Å²) in [4.78, 5) is 2.18. The predicted octanol–water partition coefficient (Wildman–Crippen LogP) is 5.95. The third-order valence-corrected chi connectivity index (χ3v) is 5.47. The summed E-state index contributed by atoms with van der Waals surface area (Å²) in [5.41, 5.74) is 15.5. The Balaban J connectivity index is 1.77. The van der Waals surface area contributed by atoms with Gasteiger partial charge in [0.1, 0.15) is 0 Å². The molecule has 4 rings (SSSR count). The van der Waals surface area contributed by atoms with Crippen molar-refractivity contribution >= 4 is 17.1 Å². The van der Waals surface area contributed by atoms with E-state index in [-0.39, 0.29) is 12.1 Å². The van der Waals surface area contributed by atoms with Gasteiger partial charge in [0.15, 0.2) is 0 Å². The second-order valence-corrected chi connectivity index (χ2v) is 7.40. The van der Waals surface area contributed by atoms with E-state index < -0.39 is 11.7 Å². The minimum atomic E-state index is -4.36. The molecule has 1 aliphatic heterocycles. The first-order valence-corrected chi connectivity index (χ1v) is 9.49. The third kappa shape index (κ3) is 3.88. The maximum Gasteiger partial charge on any atom is 0.416 e. The molecule has 0 unspecified atom stereocenters. The number of anilines is 3. The third-order valence-electron chi connectivity index (χ3n) is 5.47. The van der Waals surface area contributed by atoms with Crippen molar-refractivity contribution in [3.8, 4) is 0 Å². The Hall–Kier alpha value is -3.15. The number of nitrogens with zero attached hydrogens (tertiary/aromatic N) is 1. The smallest absolute Gasteiger partial charge is 0.399 e. The van der Waals surface area contributed by atoms with Crippen molar-refractivity contribution in [1.29, 1.82) is 0 Å².